The Hall–Kier alpha value is -1.60. The van der Waals surface area contributed by atoms with Gasteiger partial charge < -0.3 is 15.2 Å². The first-order valence-corrected chi connectivity index (χ1v) is 7.07. The van der Waals surface area contributed by atoms with Gasteiger partial charge in [0.2, 0.25) is 0 Å². The van der Waals surface area contributed by atoms with E-state index in [1.807, 2.05) is 0 Å². The van der Waals surface area contributed by atoms with Crippen LogP contribution in [0.5, 0.6) is 0 Å². The Kier molecular flexibility index (Phi) is 5.42. The smallest absolute Gasteiger partial charge is 0.266 e. The molecule has 0 radical (unpaired) electrons. The first-order chi connectivity index (χ1) is 10.4. The first kappa shape index (κ1) is 16.8. The Labute approximate surface area is 126 Å². The van der Waals surface area contributed by atoms with Gasteiger partial charge in [-0.3, -0.25) is 4.79 Å². The summed E-state index contributed by atoms with van der Waals surface area (Å²) in [5, 5.41) is 12.7. The molecule has 0 saturated carbocycles. The number of benzene rings is 1. The number of rotatable bonds is 5. The lowest BCUT2D eigenvalue weighted by Gasteiger charge is -2.31. The van der Waals surface area contributed by atoms with Gasteiger partial charge in [-0.15, -0.1) is 0 Å². The highest BCUT2D eigenvalue weighted by Crippen LogP contribution is 2.23. The van der Waals surface area contributed by atoms with E-state index in [-0.39, 0.29) is 18.7 Å². The van der Waals surface area contributed by atoms with Crippen LogP contribution in [0.15, 0.2) is 18.2 Å². The van der Waals surface area contributed by atoms with Gasteiger partial charge in [0.15, 0.2) is 0 Å². The molecule has 4 nitrogen and oxygen atoms in total. The van der Waals surface area contributed by atoms with E-state index in [1.54, 1.807) is 0 Å². The standard InChI is InChI=1S/C15H18F3NO3/c16-12-8-10(2-3-11(12)13(17)18)14(20)19-6-5-15(21)4-1-7-22-9-15/h2-3,8,13,21H,1,4-7,9H2,(H,19,20). The van der Waals surface area contributed by atoms with Gasteiger partial charge in [0.1, 0.15) is 5.82 Å². The summed E-state index contributed by atoms with van der Waals surface area (Å²) in [5.41, 5.74) is -1.73. The van der Waals surface area contributed by atoms with Crippen molar-refractivity contribution in [2.24, 2.45) is 0 Å². The third kappa shape index (κ3) is 4.20. The van der Waals surface area contributed by atoms with E-state index < -0.39 is 29.3 Å². The minimum absolute atomic E-state index is 0.0335. The fourth-order valence-electron chi connectivity index (χ4n) is 2.39. The molecule has 22 heavy (non-hydrogen) atoms. The average molecular weight is 317 g/mol. The highest BCUT2D eigenvalue weighted by molar-refractivity contribution is 5.94. The maximum absolute atomic E-state index is 13.4. The van der Waals surface area contributed by atoms with Crippen LogP contribution in [0.1, 0.15) is 41.6 Å². The summed E-state index contributed by atoms with van der Waals surface area (Å²) in [6.07, 6.45) is -1.25. The van der Waals surface area contributed by atoms with E-state index in [0.717, 1.165) is 24.6 Å². The Balaban J connectivity index is 1.88. The van der Waals surface area contributed by atoms with Crippen LogP contribution in [0.3, 0.4) is 0 Å². The van der Waals surface area contributed by atoms with Gasteiger partial charge in [0.05, 0.1) is 17.8 Å². The van der Waals surface area contributed by atoms with Gasteiger partial charge >= 0.3 is 0 Å². The Bertz CT molecular complexity index is 531. The third-order valence-corrected chi connectivity index (χ3v) is 3.68. The predicted octanol–water partition coefficient (Wildman–Crippen LogP) is 2.42. The summed E-state index contributed by atoms with van der Waals surface area (Å²) in [6.45, 7) is 1.03. The van der Waals surface area contributed by atoms with Crippen molar-refractivity contribution in [1.82, 2.24) is 5.32 Å². The fraction of sp³-hybridized carbons (Fsp3) is 0.533. The molecular weight excluding hydrogens is 299 g/mol. The molecule has 0 aliphatic carbocycles. The van der Waals surface area contributed by atoms with Crippen molar-refractivity contribution in [3.8, 4) is 0 Å². The highest BCUT2D eigenvalue weighted by atomic mass is 19.3. The molecule has 1 fully saturated rings. The zero-order chi connectivity index (χ0) is 16.2. The average Bonchev–Trinajstić information content (AvgIpc) is 2.47. The molecule has 1 heterocycles. The van der Waals surface area contributed by atoms with Crippen molar-refractivity contribution in [3.05, 3.63) is 35.1 Å². The maximum Gasteiger partial charge on any atom is 0.266 e. The van der Waals surface area contributed by atoms with E-state index in [0.29, 0.717) is 19.4 Å². The number of alkyl halides is 2. The maximum atomic E-state index is 13.4. The Morgan fingerprint density at radius 3 is 2.82 bits per heavy atom. The normalized spacial score (nSPS) is 21.9. The number of nitrogens with one attached hydrogen (secondary N) is 1. The zero-order valence-electron chi connectivity index (χ0n) is 11.9. The lowest BCUT2D eigenvalue weighted by molar-refractivity contribution is -0.0887. The number of amides is 1. The predicted molar refractivity (Wildman–Crippen MR) is 73.3 cm³/mol. The summed E-state index contributed by atoms with van der Waals surface area (Å²) in [6, 6.07) is 2.84. The summed E-state index contributed by atoms with van der Waals surface area (Å²) < 4.78 is 43.5. The molecule has 0 bridgehead atoms. The number of ether oxygens (including phenoxy) is 1. The van der Waals surface area contributed by atoms with E-state index in [1.165, 1.54) is 0 Å². The molecular formula is C15H18F3NO3. The zero-order valence-corrected chi connectivity index (χ0v) is 11.9. The summed E-state index contributed by atoms with van der Waals surface area (Å²) in [7, 11) is 0. The Morgan fingerprint density at radius 1 is 1.45 bits per heavy atom. The van der Waals surface area contributed by atoms with Gasteiger partial charge in [-0.25, -0.2) is 13.2 Å². The number of aliphatic hydroxyl groups is 1. The van der Waals surface area contributed by atoms with Crippen molar-refractivity contribution in [2.75, 3.05) is 19.8 Å². The van der Waals surface area contributed by atoms with Crippen LogP contribution in [0.25, 0.3) is 0 Å². The van der Waals surface area contributed by atoms with Crippen LogP contribution in [0.2, 0.25) is 0 Å². The van der Waals surface area contributed by atoms with Crippen molar-refractivity contribution in [2.45, 2.75) is 31.3 Å². The van der Waals surface area contributed by atoms with Crippen LogP contribution in [-0.4, -0.2) is 36.4 Å². The molecule has 7 heteroatoms. The van der Waals surface area contributed by atoms with Crippen LogP contribution < -0.4 is 5.32 Å². The molecule has 2 N–H and O–H groups in total. The second-order valence-electron chi connectivity index (χ2n) is 5.42. The number of halogens is 3. The molecule has 122 valence electrons. The highest BCUT2D eigenvalue weighted by Gasteiger charge is 2.29. The number of carbonyl (C=O) groups excluding carboxylic acids is 1. The van der Waals surface area contributed by atoms with Crippen molar-refractivity contribution in [3.63, 3.8) is 0 Å². The molecule has 1 aliphatic rings. The minimum Gasteiger partial charge on any atom is -0.387 e. The molecule has 1 aliphatic heterocycles. The van der Waals surface area contributed by atoms with Gasteiger partial charge in [-0.1, -0.05) is 0 Å². The fourth-order valence-corrected chi connectivity index (χ4v) is 2.39. The Morgan fingerprint density at radius 2 is 2.23 bits per heavy atom. The van der Waals surface area contributed by atoms with Crippen LogP contribution >= 0.6 is 0 Å². The topological polar surface area (TPSA) is 58.6 Å². The second kappa shape index (κ2) is 7.11. The molecule has 2 rings (SSSR count). The molecule has 0 spiro atoms. The molecule has 1 aromatic rings. The molecule has 1 atom stereocenters. The van der Waals surface area contributed by atoms with Gasteiger partial charge in [-0.2, -0.15) is 0 Å². The summed E-state index contributed by atoms with van der Waals surface area (Å²) in [5.74, 6) is -1.68. The lowest BCUT2D eigenvalue weighted by atomic mass is 9.93. The second-order valence-corrected chi connectivity index (χ2v) is 5.42. The lowest BCUT2D eigenvalue weighted by Crippen LogP contribution is -2.41. The third-order valence-electron chi connectivity index (χ3n) is 3.68. The molecule has 0 aromatic heterocycles. The van der Waals surface area contributed by atoms with Gasteiger partial charge in [-0.05, 0) is 37.5 Å². The summed E-state index contributed by atoms with van der Waals surface area (Å²) in [4.78, 5) is 11.8. The van der Waals surface area contributed by atoms with Crippen molar-refractivity contribution < 1.29 is 27.8 Å². The van der Waals surface area contributed by atoms with Crippen LogP contribution in [-0.2, 0) is 4.74 Å². The van der Waals surface area contributed by atoms with Crippen LogP contribution in [0.4, 0.5) is 13.2 Å². The number of hydrogen-bond acceptors (Lipinski definition) is 3. The van der Waals surface area contributed by atoms with Crippen LogP contribution in [0, 0.1) is 5.82 Å². The first-order valence-electron chi connectivity index (χ1n) is 7.07. The van der Waals surface area contributed by atoms with E-state index in [2.05, 4.69) is 5.32 Å². The monoisotopic (exact) mass is 317 g/mol. The molecule has 1 aromatic carbocycles. The van der Waals surface area contributed by atoms with E-state index in [4.69, 9.17) is 4.74 Å². The molecule has 1 unspecified atom stereocenters. The van der Waals surface area contributed by atoms with Gasteiger partial charge in [0, 0.05) is 18.7 Å². The van der Waals surface area contributed by atoms with Crippen molar-refractivity contribution >= 4 is 5.91 Å². The summed E-state index contributed by atoms with van der Waals surface area (Å²) >= 11 is 0. The largest absolute Gasteiger partial charge is 0.387 e. The van der Waals surface area contributed by atoms with Crippen molar-refractivity contribution in [1.29, 1.82) is 0 Å². The van der Waals surface area contributed by atoms with E-state index >= 15 is 0 Å². The van der Waals surface area contributed by atoms with E-state index in [9.17, 15) is 23.1 Å². The minimum atomic E-state index is -2.92. The van der Waals surface area contributed by atoms with Gasteiger partial charge in [0.25, 0.3) is 12.3 Å². The molecule has 1 amide bonds. The number of carbonyl (C=O) groups is 1. The number of hydrogen-bond donors (Lipinski definition) is 2. The quantitative estimate of drug-likeness (QED) is 0.877. The molecule has 1 saturated heterocycles. The SMILES string of the molecule is O=C(NCCC1(O)CCCOC1)c1ccc(C(F)F)c(F)c1.